The Morgan fingerprint density at radius 2 is 1.83 bits per heavy atom. The molecule has 1 aromatic carbocycles. The van der Waals surface area contributed by atoms with Crippen molar-refractivity contribution in [1.29, 1.82) is 0 Å². The third kappa shape index (κ3) is 4.48. The van der Waals surface area contributed by atoms with E-state index in [1.165, 1.54) is 12.4 Å². The smallest absolute Gasteiger partial charge is 0.243 e. The highest BCUT2D eigenvalue weighted by Gasteiger charge is 2.16. The molecule has 0 aliphatic carbocycles. The van der Waals surface area contributed by atoms with Crippen LogP contribution in [0.3, 0.4) is 0 Å². The van der Waals surface area contributed by atoms with Crippen molar-refractivity contribution in [1.82, 2.24) is 14.5 Å². The van der Waals surface area contributed by atoms with Crippen LogP contribution in [0.25, 0.3) is 0 Å². The minimum absolute atomic E-state index is 0.153. The molecule has 0 amide bonds. The van der Waals surface area contributed by atoms with Gasteiger partial charge in [-0.05, 0) is 38.5 Å². The van der Waals surface area contributed by atoms with E-state index in [0.717, 1.165) is 5.56 Å². The summed E-state index contributed by atoms with van der Waals surface area (Å²) >= 11 is 0. The molecule has 24 heavy (non-hydrogen) atoms. The Labute approximate surface area is 142 Å². The average Bonchev–Trinajstić information content (AvgIpc) is 3.05. The second-order valence-corrected chi connectivity index (χ2v) is 6.77. The minimum Gasteiger partial charge on any atom is -0.490 e. The Bertz CT molecular complexity index is 771. The molecule has 2 aromatic rings. The van der Waals surface area contributed by atoms with Crippen LogP contribution >= 0.6 is 0 Å². The van der Waals surface area contributed by atoms with Crippen molar-refractivity contribution in [2.45, 2.75) is 38.8 Å². The van der Waals surface area contributed by atoms with E-state index in [4.69, 9.17) is 9.47 Å². The van der Waals surface area contributed by atoms with Crippen molar-refractivity contribution in [3.05, 3.63) is 36.2 Å². The third-order valence-electron chi connectivity index (χ3n) is 3.32. The molecule has 7 nitrogen and oxygen atoms in total. The van der Waals surface area contributed by atoms with Crippen LogP contribution in [0.5, 0.6) is 11.5 Å². The van der Waals surface area contributed by atoms with Gasteiger partial charge in [0.25, 0.3) is 0 Å². The molecule has 132 valence electrons. The summed E-state index contributed by atoms with van der Waals surface area (Å²) in [5.74, 6) is 1.25. The Morgan fingerprint density at radius 3 is 2.46 bits per heavy atom. The van der Waals surface area contributed by atoms with E-state index in [2.05, 4.69) is 9.82 Å². The van der Waals surface area contributed by atoms with Crippen LogP contribution < -0.4 is 14.2 Å². The molecule has 1 N–H and O–H groups in total. The van der Waals surface area contributed by atoms with Gasteiger partial charge in [0.15, 0.2) is 11.5 Å². The lowest BCUT2D eigenvalue weighted by molar-refractivity contribution is 0.287. The number of hydrogen-bond acceptors (Lipinski definition) is 5. The Morgan fingerprint density at radius 1 is 1.12 bits per heavy atom. The summed E-state index contributed by atoms with van der Waals surface area (Å²) in [4.78, 5) is 0.153. The van der Waals surface area contributed by atoms with Gasteiger partial charge in [-0.2, -0.15) is 5.10 Å². The third-order valence-corrected chi connectivity index (χ3v) is 4.67. The molecular formula is C16H23N3O4S. The second-order valence-electron chi connectivity index (χ2n) is 5.00. The molecule has 1 heterocycles. The first-order valence-electron chi connectivity index (χ1n) is 7.90. The van der Waals surface area contributed by atoms with Gasteiger partial charge in [-0.15, -0.1) is 0 Å². The number of aromatic nitrogens is 2. The van der Waals surface area contributed by atoms with E-state index >= 15 is 0 Å². The van der Waals surface area contributed by atoms with Gasteiger partial charge in [0, 0.05) is 19.3 Å². The highest BCUT2D eigenvalue weighted by atomic mass is 32.2. The molecule has 0 bridgehead atoms. The number of benzene rings is 1. The second kappa shape index (κ2) is 8.16. The first-order chi connectivity index (χ1) is 11.5. The lowest BCUT2D eigenvalue weighted by Crippen LogP contribution is -2.23. The van der Waals surface area contributed by atoms with E-state index in [9.17, 15) is 8.42 Å². The van der Waals surface area contributed by atoms with Gasteiger partial charge in [0.2, 0.25) is 10.0 Å². The van der Waals surface area contributed by atoms with Gasteiger partial charge in [-0.1, -0.05) is 6.07 Å². The van der Waals surface area contributed by atoms with Crippen molar-refractivity contribution >= 4 is 10.0 Å². The lowest BCUT2D eigenvalue weighted by atomic mass is 10.2. The standard InChI is InChI=1S/C16H23N3O4S/c1-4-19-12-14(11-17-19)24(20,21)18-10-13-7-8-15(22-5-2)16(9-13)23-6-3/h7-9,11-12,18H,4-6,10H2,1-3H3. The molecule has 0 saturated carbocycles. The molecule has 8 heteroatoms. The molecule has 0 atom stereocenters. The van der Waals surface area contributed by atoms with Crippen LogP contribution in [0.1, 0.15) is 26.3 Å². The quantitative estimate of drug-likeness (QED) is 0.747. The van der Waals surface area contributed by atoms with Gasteiger partial charge in [0.05, 0.1) is 19.4 Å². The maximum absolute atomic E-state index is 12.3. The minimum atomic E-state index is -3.60. The van der Waals surface area contributed by atoms with E-state index in [0.29, 0.717) is 31.3 Å². The van der Waals surface area contributed by atoms with Crippen LogP contribution in [-0.2, 0) is 23.1 Å². The molecular weight excluding hydrogens is 330 g/mol. The summed E-state index contributed by atoms with van der Waals surface area (Å²) in [7, 11) is -3.60. The van der Waals surface area contributed by atoms with Crippen molar-refractivity contribution in [3.63, 3.8) is 0 Å². The van der Waals surface area contributed by atoms with Crippen molar-refractivity contribution in [2.75, 3.05) is 13.2 Å². The number of rotatable bonds is 9. The fraction of sp³-hybridized carbons (Fsp3) is 0.438. The summed E-state index contributed by atoms with van der Waals surface area (Å²) in [6.07, 6.45) is 2.85. The van der Waals surface area contributed by atoms with Gasteiger partial charge in [-0.25, -0.2) is 13.1 Å². The van der Waals surface area contributed by atoms with E-state index in [1.807, 2.05) is 26.8 Å². The van der Waals surface area contributed by atoms with Gasteiger partial charge in [0.1, 0.15) is 4.90 Å². The molecule has 0 fully saturated rings. The van der Waals surface area contributed by atoms with Crippen molar-refractivity contribution < 1.29 is 17.9 Å². The Hall–Kier alpha value is -2.06. The Kier molecular flexibility index (Phi) is 6.22. The van der Waals surface area contributed by atoms with Crippen LogP contribution in [0, 0.1) is 0 Å². The van der Waals surface area contributed by atoms with E-state index in [1.54, 1.807) is 16.8 Å². The summed E-state index contributed by atoms with van der Waals surface area (Å²) < 4.78 is 39.8. The van der Waals surface area contributed by atoms with Crippen LogP contribution in [0.15, 0.2) is 35.5 Å². The lowest BCUT2D eigenvalue weighted by Gasteiger charge is -2.12. The SMILES string of the molecule is CCOc1ccc(CNS(=O)(=O)c2cnn(CC)c2)cc1OCC. The van der Waals surface area contributed by atoms with Gasteiger partial charge >= 0.3 is 0 Å². The topological polar surface area (TPSA) is 82.5 Å². The summed E-state index contributed by atoms with van der Waals surface area (Å²) in [6, 6.07) is 5.38. The highest BCUT2D eigenvalue weighted by molar-refractivity contribution is 7.89. The summed E-state index contributed by atoms with van der Waals surface area (Å²) in [5, 5.41) is 3.99. The number of sulfonamides is 1. The molecule has 2 rings (SSSR count). The molecule has 0 aliphatic rings. The van der Waals surface area contributed by atoms with Crippen molar-refractivity contribution in [3.8, 4) is 11.5 Å². The normalized spacial score (nSPS) is 11.5. The number of hydrogen-bond donors (Lipinski definition) is 1. The van der Waals surface area contributed by atoms with Crippen LogP contribution in [0.4, 0.5) is 0 Å². The molecule has 0 radical (unpaired) electrons. The highest BCUT2D eigenvalue weighted by Crippen LogP contribution is 2.28. The first kappa shape index (κ1) is 18.3. The van der Waals surface area contributed by atoms with Crippen LogP contribution in [0.2, 0.25) is 0 Å². The molecule has 0 unspecified atom stereocenters. The number of ether oxygens (including phenoxy) is 2. The van der Waals surface area contributed by atoms with Gasteiger partial charge < -0.3 is 9.47 Å². The fourth-order valence-electron chi connectivity index (χ4n) is 2.12. The van der Waals surface area contributed by atoms with Crippen LogP contribution in [-0.4, -0.2) is 31.4 Å². The largest absolute Gasteiger partial charge is 0.490 e. The fourth-order valence-corrected chi connectivity index (χ4v) is 3.09. The van der Waals surface area contributed by atoms with Crippen molar-refractivity contribution in [2.24, 2.45) is 0 Å². The monoisotopic (exact) mass is 353 g/mol. The molecule has 0 saturated heterocycles. The number of aryl methyl sites for hydroxylation is 1. The number of nitrogens with one attached hydrogen (secondary N) is 1. The molecule has 0 aliphatic heterocycles. The summed E-state index contributed by atoms with van der Waals surface area (Å²) in [5.41, 5.74) is 0.786. The Balaban J connectivity index is 2.11. The van der Waals surface area contributed by atoms with E-state index in [-0.39, 0.29) is 11.4 Å². The van der Waals surface area contributed by atoms with E-state index < -0.39 is 10.0 Å². The zero-order valence-electron chi connectivity index (χ0n) is 14.2. The predicted octanol–water partition coefficient (Wildman–Crippen LogP) is 2.18. The van der Waals surface area contributed by atoms with Gasteiger partial charge in [-0.3, -0.25) is 4.68 Å². The predicted molar refractivity (Wildman–Crippen MR) is 90.7 cm³/mol. The average molecular weight is 353 g/mol. The number of nitrogens with zero attached hydrogens (tertiary/aromatic N) is 2. The molecule has 1 aromatic heterocycles. The summed E-state index contributed by atoms with van der Waals surface area (Å²) in [6.45, 7) is 7.49. The first-order valence-corrected chi connectivity index (χ1v) is 9.39. The zero-order valence-corrected chi connectivity index (χ0v) is 15.0. The maximum atomic E-state index is 12.3. The zero-order chi connectivity index (χ0) is 17.6. The molecule has 0 spiro atoms. The maximum Gasteiger partial charge on any atom is 0.243 e.